The molecule has 1 aliphatic carbocycles. The number of aryl methyl sites for hydroxylation is 1. The summed E-state index contributed by atoms with van der Waals surface area (Å²) in [4.78, 5) is 12.3. The Bertz CT molecular complexity index is 684. The molecule has 108 valence electrons. The third-order valence-corrected chi connectivity index (χ3v) is 4.46. The fourth-order valence-electron chi connectivity index (χ4n) is 2.51. The maximum Gasteiger partial charge on any atom is 0.228 e. The highest BCUT2D eigenvalue weighted by molar-refractivity contribution is 9.10. The Morgan fingerprint density at radius 1 is 1.24 bits per heavy atom. The molecule has 0 aromatic heterocycles. The van der Waals surface area contributed by atoms with Gasteiger partial charge in [0.2, 0.25) is 5.91 Å². The van der Waals surface area contributed by atoms with E-state index in [9.17, 15) is 9.18 Å². The predicted octanol–water partition coefficient (Wildman–Crippen LogP) is 4.64. The van der Waals surface area contributed by atoms with Crippen LogP contribution >= 0.6 is 15.9 Å². The van der Waals surface area contributed by atoms with E-state index in [1.807, 2.05) is 25.1 Å². The normalized spacial score (nSPS) is 20.1. The van der Waals surface area contributed by atoms with Crippen molar-refractivity contribution in [2.24, 2.45) is 5.92 Å². The molecule has 0 heterocycles. The summed E-state index contributed by atoms with van der Waals surface area (Å²) in [6.45, 7) is 2.00. The Hall–Kier alpha value is -1.68. The van der Waals surface area contributed by atoms with Crippen molar-refractivity contribution in [2.45, 2.75) is 19.3 Å². The van der Waals surface area contributed by atoms with Gasteiger partial charge in [-0.25, -0.2) is 4.39 Å². The van der Waals surface area contributed by atoms with Gasteiger partial charge >= 0.3 is 0 Å². The second kappa shape index (κ2) is 5.60. The number of benzene rings is 2. The van der Waals surface area contributed by atoms with Crippen molar-refractivity contribution in [3.8, 4) is 0 Å². The Labute approximate surface area is 131 Å². The summed E-state index contributed by atoms with van der Waals surface area (Å²) in [7, 11) is 0. The number of halogens is 2. The number of nitrogens with one attached hydrogen (secondary N) is 1. The molecule has 1 N–H and O–H groups in total. The van der Waals surface area contributed by atoms with Crippen molar-refractivity contribution in [2.75, 3.05) is 5.32 Å². The molecule has 2 atom stereocenters. The highest BCUT2D eigenvalue weighted by atomic mass is 79.9. The topological polar surface area (TPSA) is 29.1 Å². The molecule has 2 aromatic rings. The van der Waals surface area contributed by atoms with Gasteiger partial charge in [-0.05, 0) is 70.6 Å². The average Bonchev–Trinajstić information content (AvgIpc) is 3.23. The number of hydrogen-bond acceptors (Lipinski definition) is 1. The van der Waals surface area contributed by atoms with Gasteiger partial charge in [-0.2, -0.15) is 0 Å². The third-order valence-electron chi connectivity index (χ3n) is 3.81. The monoisotopic (exact) mass is 347 g/mol. The zero-order valence-corrected chi connectivity index (χ0v) is 13.2. The molecular weight excluding hydrogens is 333 g/mol. The quantitative estimate of drug-likeness (QED) is 0.860. The molecule has 2 nitrogen and oxygen atoms in total. The van der Waals surface area contributed by atoms with Crippen molar-refractivity contribution in [3.05, 3.63) is 63.9 Å². The summed E-state index contributed by atoms with van der Waals surface area (Å²) in [5.41, 5.74) is 2.95. The van der Waals surface area contributed by atoms with Gasteiger partial charge < -0.3 is 5.32 Å². The molecule has 1 saturated carbocycles. The average molecular weight is 348 g/mol. The van der Waals surface area contributed by atoms with Crippen molar-refractivity contribution in [1.82, 2.24) is 0 Å². The van der Waals surface area contributed by atoms with Gasteiger partial charge in [0, 0.05) is 10.4 Å². The molecule has 2 unspecified atom stereocenters. The lowest BCUT2D eigenvalue weighted by atomic mass is 10.1. The second-order valence-electron chi connectivity index (χ2n) is 5.47. The first-order valence-electron chi connectivity index (χ1n) is 6.87. The van der Waals surface area contributed by atoms with Crippen LogP contribution in [0.4, 0.5) is 10.1 Å². The summed E-state index contributed by atoms with van der Waals surface area (Å²) >= 11 is 3.46. The van der Waals surface area contributed by atoms with Crippen molar-refractivity contribution in [1.29, 1.82) is 0 Å². The van der Waals surface area contributed by atoms with E-state index in [2.05, 4.69) is 21.2 Å². The summed E-state index contributed by atoms with van der Waals surface area (Å²) in [5, 5.41) is 2.95. The first-order valence-corrected chi connectivity index (χ1v) is 7.66. The highest BCUT2D eigenvalue weighted by Gasteiger charge is 2.43. The molecule has 4 heteroatoms. The zero-order valence-electron chi connectivity index (χ0n) is 11.6. The lowest BCUT2D eigenvalue weighted by Crippen LogP contribution is -2.15. The molecular formula is C17H15BrFNO. The first kappa shape index (κ1) is 14.3. The molecule has 2 aromatic carbocycles. The SMILES string of the molecule is Cc1ccc(NC(=O)C2CC2c2ccc(F)cc2)c(Br)c1. The number of hydrogen-bond donors (Lipinski definition) is 1. The zero-order chi connectivity index (χ0) is 15.0. The Morgan fingerprint density at radius 3 is 2.62 bits per heavy atom. The minimum atomic E-state index is -0.246. The van der Waals surface area contributed by atoms with Crippen LogP contribution in [0.25, 0.3) is 0 Å². The molecule has 1 aliphatic rings. The van der Waals surface area contributed by atoms with Crippen LogP contribution in [-0.2, 0) is 4.79 Å². The third kappa shape index (κ3) is 3.16. The number of rotatable bonds is 3. The number of amides is 1. The van der Waals surface area contributed by atoms with Gasteiger partial charge in [0.15, 0.2) is 0 Å². The van der Waals surface area contributed by atoms with Crippen LogP contribution in [0.3, 0.4) is 0 Å². The standard InChI is InChI=1S/C17H15BrFNO/c1-10-2-7-16(15(18)8-10)20-17(21)14-9-13(14)11-3-5-12(19)6-4-11/h2-8,13-14H,9H2,1H3,(H,20,21). The minimum absolute atomic E-state index is 0.0221. The minimum Gasteiger partial charge on any atom is -0.325 e. The van der Waals surface area contributed by atoms with E-state index in [0.29, 0.717) is 0 Å². The molecule has 0 saturated heterocycles. The first-order chi connectivity index (χ1) is 10.0. The fourth-order valence-corrected chi connectivity index (χ4v) is 3.10. The summed E-state index contributed by atoms with van der Waals surface area (Å²) < 4.78 is 13.8. The second-order valence-corrected chi connectivity index (χ2v) is 6.33. The number of carbonyl (C=O) groups is 1. The molecule has 0 bridgehead atoms. The molecule has 1 fully saturated rings. The van der Waals surface area contributed by atoms with E-state index in [0.717, 1.165) is 27.7 Å². The van der Waals surface area contributed by atoms with Gasteiger partial charge in [0.05, 0.1) is 5.69 Å². The number of anilines is 1. The predicted molar refractivity (Wildman–Crippen MR) is 84.8 cm³/mol. The van der Waals surface area contributed by atoms with Gasteiger partial charge in [-0.1, -0.05) is 18.2 Å². The van der Waals surface area contributed by atoms with Crippen LogP contribution in [0, 0.1) is 18.7 Å². The van der Waals surface area contributed by atoms with E-state index >= 15 is 0 Å². The number of carbonyl (C=O) groups excluding carboxylic acids is 1. The van der Waals surface area contributed by atoms with Gasteiger partial charge in [-0.15, -0.1) is 0 Å². The molecule has 1 amide bonds. The summed E-state index contributed by atoms with van der Waals surface area (Å²) in [5.74, 6) is -0.0450. The smallest absolute Gasteiger partial charge is 0.228 e. The van der Waals surface area contributed by atoms with E-state index < -0.39 is 0 Å². The Balaban J connectivity index is 1.66. The Morgan fingerprint density at radius 2 is 1.95 bits per heavy atom. The van der Waals surface area contributed by atoms with Gasteiger partial charge in [-0.3, -0.25) is 4.79 Å². The van der Waals surface area contributed by atoms with Crippen molar-refractivity contribution < 1.29 is 9.18 Å². The van der Waals surface area contributed by atoms with Crippen LogP contribution < -0.4 is 5.32 Å². The molecule has 0 spiro atoms. The molecule has 21 heavy (non-hydrogen) atoms. The van der Waals surface area contributed by atoms with E-state index in [-0.39, 0.29) is 23.6 Å². The lowest BCUT2D eigenvalue weighted by molar-refractivity contribution is -0.117. The maximum atomic E-state index is 12.9. The van der Waals surface area contributed by atoms with Crippen LogP contribution in [0.5, 0.6) is 0 Å². The van der Waals surface area contributed by atoms with Crippen molar-refractivity contribution in [3.63, 3.8) is 0 Å². The largest absolute Gasteiger partial charge is 0.325 e. The fraction of sp³-hybridized carbons (Fsp3) is 0.235. The summed E-state index contributed by atoms with van der Waals surface area (Å²) in [6, 6.07) is 12.2. The lowest BCUT2D eigenvalue weighted by Gasteiger charge is -2.08. The van der Waals surface area contributed by atoms with Crippen molar-refractivity contribution >= 4 is 27.5 Å². The van der Waals surface area contributed by atoms with Crippen LogP contribution in [-0.4, -0.2) is 5.91 Å². The van der Waals surface area contributed by atoms with Gasteiger partial charge in [0.25, 0.3) is 0 Å². The van der Waals surface area contributed by atoms with E-state index in [1.165, 1.54) is 12.1 Å². The van der Waals surface area contributed by atoms with Crippen LogP contribution in [0.15, 0.2) is 46.9 Å². The Kier molecular flexibility index (Phi) is 3.81. The molecule has 3 rings (SSSR count). The molecule has 0 aliphatic heterocycles. The highest BCUT2D eigenvalue weighted by Crippen LogP contribution is 2.48. The molecule has 0 radical (unpaired) electrons. The van der Waals surface area contributed by atoms with E-state index in [4.69, 9.17) is 0 Å². The van der Waals surface area contributed by atoms with Gasteiger partial charge in [0.1, 0.15) is 5.82 Å². The van der Waals surface area contributed by atoms with Crippen LogP contribution in [0.1, 0.15) is 23.5 Å². The maximum absolute atomic E-state index is 12.9. The van der Waals surface area contributed by atoms with Crippen LogP contribution in [0.2, 0.25) is 0 Å². The summed E-state index contributed by atoms with van der Waals surface area (Å²) in [6.07, 6.45) is 0.820. The van der Waals surface area contributed by atoms with E-state index in [1.54, 1.807) is 12.1 Å².